The van der Waals surface area contributed by atoms with E-state index < -0.39 is 18.4 Å². The summed E-state index contributed by atoms with van der Waals surface area (Å²) in [4.78, 5) is 2.37. The van der Waals surface area contributed by atoms with Crippen LogP contribution < -0.4 is 20.3 Å². The van der Waals surface area contributed by atoms with Gasteiger partial charge in [0.2, 0.25) is 14.3 Å². The van der Waals surface area contributed by atoms with E-state index in [9.17, 15) is 8.42 Å². The van der Waals surface area contributed by atoms with Crippen LogP contribution in [0.1, 0.15) is 136 Å². The number of rotatable bonds is 18. The number of fused-ring (bicyclic) bond motifs is 2. The molecule has 7 rings (SSSR count). The topological polar surface area (TPSA) is 155 Å². The van der Waals surface area contributed by atoms with Crippen LogP contribution in [0.3, 0.4) is 0 Å². The summed E-state index contributed by atoms with van der Waals surface area (Å²) >= 11 is 0. The van der Waals surface area contributed by atoms with Crippen molar-refractivity contribution >= 4 is 35.8 Å². The Balaban J connectivity index is 1.11. The second-order valence-corrected chi connectivity index (χ2v) is 26.6. The van der Waals surface area contributed by atoms with Crippen molar-refractivity contribution in [1.82, 2.24) is 39.5 Å². The van der Waals surface area contributed by atoms with E-state index in [0.717, 1.165) is 78.7 Å². The molecule has 344 valence electrons. The Kier molecular flexibility index (Phi) is 14.1. The van der Waals surface area contributed by atoms with Crippen molar-refractivity contribution in [3.8, 4) is 11.4 Å². The summed E-state index contributed by atoms with van der Waals surface area (Å²) in [6, 6.07) is 15.2. The van der Waals surface area contributed by atoms with Crippen LogP contribution in [-0.2, 0) is 37.3 Å². The lowest BCUT2D eigenvalue weighted by Crippen LogP contribution is -2.47. The molecule has 0 spiro atoms. The summed E-state index contributed by atoms with van der Waals surface area (Å²) in [5, 5.41) is 26.7. The molecule has 0 saturated carbocycles. The number of piperidine rings is 1. The Hall–Kier alpha value is -4.29. The molecule has 1 saturated heterocycles. The van der Waals surface area contributed by atoms with Gasteiger partial charge in [0.05, 0.1) is 50.8 Å². The predicted molar refractivity (Wildman–Crippen MR) is 252 cm³/mol. The van der Waals surface area contributed by atoms with Crippen molar-refractivity contribution in [1.29, 1.82) is 0 Å². The maximum absolute atomic E-state index is 11.8. The first-order chi connectivity index (χ1) is 29.9. The molecule has 5 heterocycles. The highest BCUT2D eigenvalue weighted by atomic mass is 32.2. The second-order valence-electron chi connectivity index (χ2n) is 19.5. The molecule has 0 bridgehead atoms. The summed E-state index contributed by atoms with van der Waals surface area (Å²) in [5.41, 5.74) is 6.59. The van der Waals surface area contributed by atoms with Gasteiger partial charge in [-0.05, 0) is 78.9 Å². The first-order valence-corrected chi connectivity index (χ1v) is 26.8. The Morgan fingerprint density at radius 1 is 0.905 bits per heavy atom. The zero-order chi connectivity index (χ0) is 45.3. The van der Waals surface area contributed by atoms with E-state index in [0.29, 0.717) is 35.9 Å². The maximum atomic E-state index is 11.8. The Morgan fingerprint density at radius 2 is 1.63 bits per heavy atom. The summed E-state index contributed by atoms with van der Waals surface area (Å²) in [7, 11) is -5.86. The summed E-state index contributed by atoms with van der Waals surface area (Å²) in [6.45, 7) is 24.4. The molecule has 63 heavy (non-hydrogen) atoms. The van der Waals surface area contributed by atoms with Crippen LogP contribution in [-0.4, -0.2) is 83.0 Å². The van der Waals surface area contributed by atoms with Gasteiger partial charge in [0.15, 0.2) is 5.65 Å². The predicted octanol–water partition coefficient (Wildman–Crippen LogP) is 9.07. The minimum absolute atomic E-state index is 0.0324. The van der Waals surface area contributed by atoms with Gasteiger partial charge in [-0.1, -0.05) is 86.6 Å². The molecule has 0 radical (unpaired) electrons. The lowest BCUT2D eigenvalue weighted by atomic mass is 9.85. The lowest BCUT2D eigenvalue weighted by Gasteiger charge is -2.42. The Labute approximate surface area is 375 Å². The van der Waals surface area contributed by atoms with Crippen LogP contribution in [0.25, 0.3) is 11.3 Å². The zero-order valence-corrected chi connectivity index (χ0v) is 41.1. The average Bonchev–Trinajstić information content (AvgIpc) is 3.95. The van der Waals surface area contributed by atoms with Crippen molar-refractivity contribution in [2.45, 2.75) is 155 Å². The van der Waals surface area contributed by atoms with Crippen molar-refractivity contribution in [3.05, 3.63) is 77.4 Å². The largest absolute Gasteiger partial charge is 0.484 e. The van der Waals surface area contributed by atoms with Gasteiger partial charge in [0.25, 0.3) is 10.1 Å². The van der Waals surface area contributed by atoms with Crippen LogP contribution in [0, 0.1) is 0 Å². The first-order valence-electron chi connectivity index (χ1n) is 22.9. The normalized spacial score (nSPS) is 18.8. The van der Waals surface area contributed by atoms with Crippen LogP contribution in [0.15, 0.2) is 54.9 Å². The van der Waals surface area contributed by atoms with Gasteiger partial charge in [0, 0.05) is 30.1 Å². The summed E-state index contributed by atoms with van der Waals surface area (Å²) in [6.07, 6.45) is 10.2. The highest BCUT2D eigenvalue weighted by Crippen LogP contribution is 2.43. The molecular weight excluding hydrogens is 833 g/mol. The van der Waals surface area contributed by atoms with Gasteiger partial charge in [-0.15, -0.1) is 10.2 Å². The molecule has 2 N–H and O–H groups in total. The molecule has 0 amide bonds. The van der Waals surface area contributed by atoms with E-state index in [2.05, 4.69) is 130 Å². The fourth-order valence-corrected chi connectivity index (χ4v) is 15.7. The van der Waals surface area contributed by atoms with Crippen LogP contribution >= 0.6 is 0 Å². The third-order valence-corrected chi connectivity index (χ3v) is 19.7. The first kappa shape index (κ1) is 46.7. The van der Waals surface area contributed by atoms with Crippen molar-refractivity contribution < 1.29 is 21.8 Å². The van der Waals surface area contributed by atoms with Gasteiger partial charge in [-0.3, -0.25) is 18.6 Å². The van der Waals surface area contributed by atoms with Gasteiger partial charge >= 0.3 is 0 Å². The number of nitrogens with zero attached hydrogens (tertiary/aromatic N) is 8. The number of pyridine rings is 1. The molecule has 3 atom stereocenters. The molecule has 1 aromatic carbocycles. The third kappa shape index (κ3) is 10.3. The number of hydrogen-bond donors (Lipinski definition) is 2. The SMILES string of the molecule is CC1CCCCN1c1nnc2ccc(OC3CCC(NCNc4cc(C(C)(C)C)nn4-c4cn(CCOS(C)(=O)=O)nc4CO[Si](C(C)C)(C(C)C)C(C)C)c4ccccc43)cn12. The van der Waals surface area contributed by atoms with E-state index >= 15 is 0 Å². The standard InChI is InChI=1S/C46H70N10O5SSi/c1-31(2)63(32(3)4,33(5)6)60-29-39-40(28-53(51-39)24-25-59-62(11,57)58)56-44(26-42(52-56)46(8,9)10)48-30-47-38-20-21-41(37-18-13-12-17-36(37)38)61-35-19-22-43-49-50-45(55(43)27-35)54-23-15-14-16-34(54)7/h12-13,17-19,22,26-28,31-34,38,41,47-48H,14-16,20-21,23-25,29-30H2,1-11H3. The second kappa shape index (κ2) is 19.0. The van der Waals surface area contributed by atoms with E-state index in [1.165, 1.54) is 17.5 Å². The van der Waals surface area contributed by atoms with Crippen molar-refractivity contribution in [3.63, 3.8) is 0 Å². The fraction of sp³-hybridized carbons (Fsp3) is 0.609. The average molecular weight is 903 g/mol. The smallest absolute Gasteiger partial charge is 0.264 e. The fourth-order valence-electron chi connectivity index (χ4n) is 9.91. The third-order valence-electron chi connectivity index (χ3n) is 13.1. The quantitative estimate of drug-likeness (QED) is 0.0490. The monoisotopic (exact) mass is 903 g/mol. The van der Waals surface area contributed by atoms with Gasteiger partial charge in [-0.25, -0.2) is 4.68 Å². The van der Waals surface area contributed by atoms with Crippen LogP contribution in [0.2, 0.25) is 16.6 Å². The van der Waals surface area contributed by atoms with E-state index in [-0.39, 0.29) is 30.7 Å². The van der Waals surface area contributed by atoms with E-state index in [1.807, 2.05) is 29.2 Å². The van der Waals surface area contributed by atoms with Crippen LogP contribution in [0.4, 0.5) is 11.8 Å². The number of benzene rings is 1. The summed E-state index contributed by atoms with van der Waals surface area (Å²) < 4.78 is 48.3. The van der Waals surface area contributed by atoms with Crippen molar-refractivity contribution in [2.24, 2.45) is 0 Å². The number of aromatic nitrogens is 7. The molecule has 1 fully saturated rings. The van der Waals surface area contributed by atoms with Gasteiger partial charge in [-0.2, -0.15) is 18.6 Å². The minimum Gasteiger partial charge on any atom is -0.484 e. The minimum atomic E-state index is -3.60. The molecule has 17 heteroatoms. The number of hydrogen-bond acceptors (Lipinski definition) is 12. The van der Waals surface area contributed by atoms with Crippen molar-refractivity contribution in [2.75, 3.05) is 36.3 Å². The molecule has 1 aliphatic carbocycles. The maximum Gasteiger partial charge on any atom is 0.264 e. The molecule has 1 aliphatic heterocycles. The van der Waals surface area contributed by atoms with E-state index in [4.69, 9.17) is 23.5 Å². The Bertz CT molecular complexity index is 2420. The molecule has 4 aromatic heterocycles. The highest BCUT2D eigenvalue weighted by molar-refractivity contribution is 7.85. The number of anilines is 2. The molecule has 15 nitrogen and oxygen atoms in total. The molecule has 2 aliphatic rings. The van der Waals surface area contributed by atoms with Gasteiger partial charge < -0.3 is 19.4 Å². The highest BCUT2D eigenvalue weighted by Gasteiger charge is 2.45. The number of nitrogens with one attached hydrogen (secondary N) is 2. The number of ether oxygens (including phenoxy) is 1. The zero-order valence-electron chi connectivity index (χ0n) is 39.3. The molecular formula is C46H70N10O5SSi. The molecule has 5 aromatic rings. The van der Waals surface area contributed by atoms with E-state index in [1.54, 1.807) is 4.68 Å². The summed E-state index contributed by atoms with van der Waals surface area (Å²) in [5.74, 6) is 2.49. The van der Waals surface area contributed by atoms with Gasteiger partial charge in [0.1, 0.15) is 29.1 Å². The lowest BCUT2D eigenvalue weighted by molar-refractivity contribution is 0.172. The van der Waals surface area contributed by atoms with Crippen LogP contribution in [0.5, 0.6) is 5.75 Å². The molecule has 3 unspecified atom stereocenters. The Morgan fingerprint density at radius 3 is 2.32 bits per heavy atom.